The van der Waals surface area contributed by atoms with Crippen molar-refractivity contribution in [1.29, 1.82) is 0 Å². The second-order valence-electron chi connectivity index (χ2n) is 2.15. The summed E-state index contributed by atoms with van der Waals surface area (Å²) in [5.41, 5.74) is -3.36. The Labute approximate surface area is 78.5 Å². The molecule has 0 aliphatic rings. The van der Waals surface area contributed by atoms with Gasteiger partial charge >= 0.3 is 5.57 Å². The molecule has 0 saturated carbocycles. The molecule has 1 rings (SSSR count). The summed E-state index contributed by atoms with van der Waals surface area (Å²) in [7, 11) is 0. The normalized spacial score (nSPS) is 10.6. The quantitative estimate of drug-likeness (QED) is 0.531. The van der Waals surface area contributed by atoms with Gasteiger partial charge in [0.1, 0.15) is 5.75 Å². The maximum absolute atomic E-state index is 12.1. The van der Waals surface area contributed by atoms with E-state index in [1.807, 2.05) is 0 Å². The highest BCUT2D eigenvalue weighted by molar-refractivity contribution is 6.20. The topological polar surface area (TPSA) is 13.6 Å². The second-order valence-corrected chi connectivity index (χ2v) is 2.59. The third-order valence-electron chi connectivity index (χ3n) is 1.20. The molecule has 0 saturated heterocycles. The van der Waals surface area contributed by atoms with Crippen LogP contribution in [0.4, 0.5) is 14.5 Å². The van der Waals surface area contributed by atoms with Crippen LogP contribution in [0, 0.1) is 6.57 Å². The zero-order valence-corrected chi connectivity index (χ0v) is 7.05. The van der Waals surface area contributed by atoms with E-state index in [1.54, 1.807) is 0 Å². The van der Waals surface area contributed by atoms with Crippen LogP contribution < -0.4 is 4.74 Å². The van der Waals surface area contributed by atoms with E-state index in [-0.39, 0.29) is 5.75 Å². The molecule has 1 aromatic rings. The Bertz CT molecular complexity index is 325. The molecule has 0 aliphatic carbocycles. The molecule has 0 bridgehead atoms. The van der Waals surface area contributed by atoms with Crippen molar-refractivity contribution in [2.45, 2.75) is 5.57 Å². The van der Waals surface area contributed by atoms with Crippen LogP contribution in [0.15, 0.2) is 24.3 Å². The molecule has 0 amide bonds. The molecule has 0 fully saturated rings. The molecule has 0 N–H and O–H groups in total. The Balaban J connectivity index is 2.77. The molecule has 68 valence electrons. The highest BCUT2D eigenvalue weighted by atomic mass is 35.5. The summed E-state index contributed by atoms with van der Waals surface area (Å²) >= 11 is 4.53. The van der Waals surface area contributed by atoms with Crippen molar-refractivity contribution in [2.75, 3.05) is 0 Å². The second kappa shape index (κ2) is 3.58. The highest BCUT2D eigenvalue weighted by Crippen LogP contribution is 2.26. The van der Waals surface area contributed by atoms with Crippen molar-refractivity contribution >= 4 is 17.3 Å². The van der Waals surface area contributed by atoms with Gasteiger partial charge in [0, 0.05) is 11.6 Å². The molecule has 2 nitrogen and oxygen atoms in total. The first-order valence-corrected chi connectivity index (χ1v) is 3.62. The summed E-state index contributed by atoms with van der Waals surface area (Å²) in [6.45, 7) is 6.60. The fourth-order valence-electron chi connectivity index (χ4n) is 0.722. The fourth-order valence-corrected chi connectivity index (χ4v) is 0.811. The summed E-state index contributed by atoms with van der Waals surface area (Å²) in [6, 6.07) is 5.24. The van der Waals surface area contributed by atoms with Gasteiger partial charge < -0.3 is 4.74 Å². The lowest BCUT2D eigenvalue weighted by Gasteiger charge is -2.09. The van der Waals surface area contributed by atoms with Crippen molar-refractivity contribution in [2.24, 2.45) is 0 Å². The molecular weight excluding hydrogens is 200 g/mol. The molecule has 0 radical (unpaired) electrons. The summed E-state index contributed by atoms with van der Waals surface area (Å²) in [5, 5.41) is 0. The molecule has 5 heteroatoms. The van der Waals surface area contributed by atoms with Gasteiger partial charge in [-0.05, 0) is 12.1 Å². The minimum absolute atomic E-state index is 0.0765. The smallest absolute Gasteiger partial charge is 0.420 e. The minimum atomic E-state index is -3.71. The van der Waals surface area contributed by atoms with Gasteiger partial charge in [0.25, 0.3) is 0 Å². The lowest BCUT2D eigenvalue weighted by Crippen LogP contribution is -2.15. The average Bonchev–Trinajstić information content (AvgIpc) is 2.03. The maximum atomic E-state index is 12.1. The minimum Gasteiger partial charge on any atom is -0.420 e. The first kappa shape index (κ1) is 9.75. The number of alkyl halides is 3. The van der Waals surface area contributed by atoms with E-state index < -0.39 is 5.57 Å². The first-order chi connectivity index (χ1) is 6.01. The Morgan fingerprint density at radius 2 is 1.85 bits per heavy atom. The van der Waals surface area contributed by atoms with Gasteiger partial charge in [-0.15, -0.1) is 8.78 Å². The fraction of sp³-hybridized carbons (Fsp3) is 0.125. The van der Waals surface area contributed by atoms with E-state index in [0.29, 0.717) is 5.69 Å². The Hall–Kier alpha value is -1.34. The standard InChI is InChI=1S/C8H4ClF2NO/c1-12-6-2-4-7(5-3-6)13-8(9,10)11/h2-5H. The third-order valence-corrected chi connectivity index (χ3v) is 1.28. The number of benzene rings is 1. The molecule has 0 aromatic heterocycles. The lowest BCUT2D eigenvalue weighted by atomic mass is 10.3. The summed E-state index contributed by atoms with van der Waals surface area (Å²) in [6.07, 6.45) is 0. The average molecular weight is 204 g/mol. The molecule has 13 heavy (non-hydrogen) atoms. The number of hydrogen-bond acceptors (Lipinski definition) is 1. The molecule has 0 heterocycles. The highest BCUT2D eigenvalue weighted by Gasteiger charge is 2.27. The molecule has 0 unspecified atom stereocenters. The van der Waals surface area contributed by atoms with Gasteiger partial charge in [-0.2, -0.15) is 0 Å². The van der Waals surface area contributed by atoms with Crippen molar-refractivity contribution in [3.63, 3.8) is 0 Å². The van der Waals surface area contributed by atoms with Gasteiger partial charge in [-0.25, -0.2) is 4.85 Å². The van der Waals surface area contributed by atoms with Crippen LogP contribution >= 0.6 is 11.6 Å². The summed E-state index contributed by atoms with van der Waals surface area (Å²) in [5.74, 6) is -0.0765. The molecule has 1 aromatic carbocycles. The van der Waals surface area contributed by atoms with Crippen molar-refractivity contribution in [3.05, 3.63) is 35.7 Å². The molecule has 0 aliphatic heterocycles. The van der Waals surface area contributed by atoms with Crippen molar-refractivity contribution in [1.82, 2.24) is 0 Å². The maximum Gasteiger partial charge on any atom is 0.487 e. The van der Waals surface area contributed by atoms with Crippen LogP contribution in [0.1, 0.15) is 0 Å². The summed E-state index contributed by atoms with van der Waals surface area (Å²) < 4.78 is 28.2. The van der Waals surface area contributed by atoms with Crippen LogP contribution in [0.5, 0.6) is 5.75 Å². The monoisotopic (exact) mass is 203 g/mol. The van der Waals surface area contributed by atoms with Gasteiger partial charge in [0.2, 0.25) is 0 Å². The van der Waals surface area contributed by atoms with Gasteiger partial charge in [-0.3, -0.25) is 0 Å². The largest absolute Gasteiger partial charge is 0.487 e. The van der Waals surface area contributed by atoms with E-state index in [2.05, 4.69) is 21.2 Å². The molecule has 0 atom stereocenters. The van der Waals surface area contributed by atoms with Crippen LogP contribution in [0.3, 0.4) is 0 Å². The number of rotatable bonds is 2. The molecule has 0 spiro atoms. The zero-order chi connectivity index (χ0) is 9.90. The van der Waals surface area contributed by atoms with Crippen LogP contribution in [-0.2, 0) is 0 Å². The molecular formula is C8H4ClF2NO. The van der Waals surface area contributed by atoms with Crippen LogP contribution in [0.2, 0.25) is 0 Å². The third kappa shape index (κ3) is 3.26. The van der Waals surface area contributed by atoms with E-state index in [9.17, 15) is 8.78 Å². The van der Waals surface area contributed by atoms with Crippen molar-refractivity contribution < 1.29 is 13.5 Å². The number of nitrogens with zero attached hydrogens (tertiary/aromatic N) is 1. The van der Waals surface area contributed by atoms with Gasteiger partial charge in [0.15, 0.2) is 5.69 Å². The van der Waals surface area contributed by atoms with E-state index in [1.165, 1.54) is 24.3 Å². The predicted molar refractivity (Wildman–Crippen MR) is 44.1 cm³/mol. The van der Waals surface area contributed by atoms with Crippen molar-refractivity contribution in [3.8, 4) is 5.75 Å². The number of ether oxygens (including phenoxy) is 1. The van der Waals surface area contributed by atoms with E-state index in [4.69, 9.17) is 6.57 Å². The number of halogens is 3. The van der Waals surface area contributed by atoms with E-state index >= 15 is 0 Å². The summed E-state index contributed by atoms with van der Waals surface area (Å²) in [4.78, 5) is 3.08. The zero-order valence-electron chi connectivity index (χ0n) is 6.30. The van der Waals surface area contributed by atoms with Gasteiger partial charge in [0.05, 0.1) is 6.57 Å². The van der Waals surface area contributed by atoms with E-state index in [0.717, 1.165) is 0 Å². The lowest BCUT2D eigenvalue weighted by molar-refractivity contribution is -0.0964. The van der Waals surface area contributed by atoms with Crippen LogP contribution in [-0.4, -0.2) is 5.57 Å². The Morgan fingerprint density at radius 3 is 2.23 bits per heavy atom. The van der Waals surface area contributed by atoms with Gasteiger partial charge in [-0.1, -0.05) is 12.1 Å². The Kier molecular flexibility index (Phi) is 2.69. The van der Waals surface area contributed by atoms with Crippen LogP contribution in [0.25, 0.3) is 4.85 Å². The SMILES string of the molecule is [C-]#[N+]c1ccc(OC(F)(F)Cl)cc1. The Morgan fingerprint density at radius 1 is 1.31 bits per heavy atom. The predicted octanol–water partition coefficient (Wildman–Crippen LogP) is 3.41. The number of hydrogen-bond donors (Lipinski definition) is 0. The first-order valence-electron chi connectivity index (χ1n) is 3.24.